The predicted octanol–water partition coefficient (Wildman–Crippen LogP) is 4.02. The molecule has 2 heterocycles. The minimum atomic E-state index is 0.401. The lowest BCUT2D eigenvalue weighted by Crippen LogP contribution is -2.27. The minimum absolute atomic E-state index is 0.401. The van der Waals surface area contributed by atoms with Crippen LogP contribution in [0.25, 0.3) is 11.0 Å². The molecule has 2 nitrogen and oxygen atoms in total. The fraction of sp³-hybridized carbons (Fsp3) is 0.562. The Balaban J connectivity index is 2.03. The third-order valence-corrected chi connectivity index (χ3v) is 4.43. The quantitative estimate of drug-likeness (QED) is 0.742. The highest BCUT2D eigenvalue weighted by Gasteiger charge is 2.29. The number of pyridine rings is 1. The van der Waals surface area contributed by atoms with Crippen molar-refractivity contribution in [2.45, 2.75) is 47.0 Å². The highest BCUT2D eigenvalue weighted by Crippen LogP contribution is 2.37. The summed E-state index contributed by atoms with van der Waals surface area (Å²) in [6.45, 7) is 9.19. The van der Waals surface area contributed by atoms with Crippen LogP contribution in [0, 0.1) is 18.3 Å². The second-order valence-corrected chi connectivity index (χ2v) is 6.77. The molecule has 0 saturated carbocycles. The van der Waals surface area contributed by atoms with Crippen molar-refractivity contribution in [2.24, 2.45) is 11.3 Å². The second-order valence-electron chi connectivity index (χ2n) is 6.77. The summed E-state index contributed by atoms with van der Waals surface area (Å²) in [6.07, 6.45) is 5.65. The Morgan fingerprint density at radius 3 is 2.83 bits per heavy atom. The fourth-order valence-corrected chi connectivity index (χ4v) is 3.07. The lowest BCUT2D eigenvalue weighted by Gasteiger charge is -2.34. The molecule has 18 heavy (non-hydrogen) atoms. The molecule has 1 aliphatic carbocycles. The van der Waals surface area contributed by atoms with Gasteiger partial charge in [-0.05, 0) is 54.7 Å². The van der Waals surface area contributed by atoms with Crippen molar-refractivity contribution < 1.29 is 0 Å². The molecule has 1 atom stereocenters. The van der Waals surface area contributed by atoms with Crippen LogP contribution in [0.1, 0.15) is 44.0 Å². The van der Waals surface area contributed by atoms with Crippen molar-refractivity contribution in [3.05, 3.63) is 29.1 Å². The van der Waals surface area contributed by atoms with E-state index in [1.54, 1.807) is 0 Å². The van der Waals surface area contributed by atoms with Crippen LogP contribution < -0.4 is 0 Å². The number of rotatable bonds is 0. The maximum atomic E-state index is 4.86. The van der Waals surface area contributed by atoms with Crippen molar-refractivity contribution >= 4 is 11.0 Å². The summed E-state index contributed by atoms with van der Waals surface area (Å²) in [5.74, 6) is 0.778. The smallest absolute Gasteiger partial charge is 0.0911 e. The van der Waals surface area contributed by atoms with E-state index in [4.69, 9.17) is 4.98 Å². The second kappa shape index (κ2) is 3.84. The number of fused-ring (bicyclic) bond motifs is 2. The molecule has 0 saturated heterocycles. The van der Waals surface area contributed by atoms with Gasteiger partial charge in [0.1, 0.15) is 0 Å². The van der Waals surface area contributed by atoms with Crippen LogP contribution in [0.15, 0.2) is 12.3 Å². The van der Waals surface area contributed by atoms with Crippen LogP contribution in [0.3, 0.4) is 0 Å². The van der Waals surface area contributed by atoms with E-state index in [1.165, 1.54) is 35.2 Å². The van der Waals surface area contributed by atoms with Gasteiger partial charge in [0.25, 0.3) is 0 Å². The highest BCUT2D eigenvalue weighted by atomic mass is 14.8. The summed E-state index contributed by atoms with van der Waals surface area (Å²) in [7, 11) is 0. The van der Waals surface area contributed by atoms with E-state index >= 15 is 0 Å². The molecule has 0 amide bonds. The lowest BCUT2D eigenvalue weighted by molar-refractivity contribution is 0.215. The van der Waals surface area contributed by atoms with Crippen LogP contribution in [0.4, 0.5) is 0 Å². The van der Waals surface area contributed by atoms with Crippen LogP contribution in [0.2, 0.25) is 0 Å². The van der Waals surface area contributed by atoms with Crippen LogP contribution in [-0.2, 0) is 12.8 Å². The third-order valence-electron chi connectivity index (χ3n) is 4.43. The molecule has 0 aromatic carbocycles. The van der Waals surface area contributed by atoms with E-state index in [9.17, 15) is 0 Å². The predicted molar refractivity (Wildman–Crippen MR) is 75.8 cm³/mol. The summed E-state index contributed by atoms with van der Waals surface area (Å²) < 4.78 is 0. The molecule has 1 N–H and O–H groups in total. The maximum Gasteiger partial charge on any atom is 0.0911 e. The van der Waals surface area contributed by atoms with E-state index in [1.807, 2.05) is 0 Å². The number of hydrogen-bond acceptors (Lipinski definition) is 1. The Kier molecular flexibility index (Phi) is 2.51. The average Bonchev–Trinajstić information content (AvgIpc) is 2.66. The third kappa shape index (κ3) is 1.84. The van der Waals surface area contributed by atoms with Crippen molar-refractivity contribution in [3.8, 4) is 0 Å². The topological polar surface area (TPSA) is 28.7 Å². The molecule has 2 aromatic rings. The number of H-pyrrole nitrogens is 1. The highest BCUT2D eigenvalue weighted by molar-refractivity contribution is 5.79. The number of hydrogen-bond donors (Lipinski definition) is 1. The van der Waals surface area contributed by atoms with Gasteiger partial charge in [-0.1, -0.05) is 20.8 Å². The Hall–Kier alpha value is -1.31. The first-order valence-electron chi connectivity index (χ1n) is 6.91. The molecule has 96 valence electrons. The van der Waals surface area contributed by atoms with Gasteiger partial charge in [0.15, 0.2) is 0 Å². The molecular formula is C16H22N2. The monoisotopic (exact) mass is 242 g/mol. The first kappa shape index (κ1) is 11.8. The zero-order valence-corrected chi connectivity index (χ0v) is 11.8. The van der Waals surface area contributed by atoms with Crippen molar-refractivity contribution in [2.75, 3.05) is 0 Å². The zero-order valence-electron chi connectivity index (χ0n) is 11.8. The maximum absolute atomic E-state index is 4.86. The Bertz CT molecular complexity index is 587. The number of nitrogens with zero attached hydrogens (tertiary/aromatic N) is 1. The molecule has 2 heteroatoms. The Labute approximate surface area is 109 Å². The molecule has 0 spiro atoms. The Morgan fingerprint density at radius 2 is 2.11 bits per heavy atom. The van der Waals surface area contributed by atoms with Gasteiger partial charge < -0.3 is 4.98 Å². The zero-order chi connectivity index (χ0) is 12.9. The summed E-state index contributed by atoms with van der Waals surface area (Å²) in [5, 5.41) is 0. The molecule has 1 unspecified atom stereocenters. The molecule has 0 fully saturated rings. The van der Waals surface area contributed by atoms with Crippen molar-refractivity contribution in [1.82, 2.24) is 9.97 Å². The summed E-state index contributed by atoms with van der Waals surface area (Å²) in [5.41, 5.74) is 6.79. The summed E-state index contributed by atoms with van der Waals surface area (Å²) in [4.78, 5) is 8.19. The standard InChI is InChI=1S/C16H22N2/c1-10-9-17-14-8-11-7-12(16(2,3)4)5-6-13(11)18-15(10)14/h8-9,12,17H,5-7H2,1-4H3. The van der Waals surface area contributed by atoms with Crippen LogP contribution in [0.5, 0.6) is 0 Å². The largest absolute Gasteiger partial charge is 0.360 e. The van der Waals surface area contributed by atoms with Crippen molar-refractivity contribution in [1.29, 1.82) is 0 Å². The van der Waals surface area contributed by atoms with Gasteiger partial charge >= 0.3 is 0 Å². The number of aromatic nitrogens is 2. The number of aromatic amines is 1. The van der Waals surface area contributed by atoms with Crippen molar-refractivity contribution in [3.63, 3.8) is 0 Å². The van der Waals surface area contributed by atoms with Crippen LogP contribution in [-0.4, -0.2) is 9.97 Å². The van der Waals surface area contributed by atoms with Gasteiger partial charge in [-0.2, -0.15) is 0 Å². The normalized spacial score (nSPS) is 20.1. The van der Waals surface area contributed by atoms with E-state index in [0.717, 1.165) is 17.9 Å². The first-order chi connectivity index (χ1) is 8.45. The van der Waals surface area contributed by atoms with E-state index in [-0.39, 0.29) is 0 Å². The van der Waals surface area contributed by atoms with Gasteiger partial charge in [0, 0.05) is 11.9 Å². The molecule has 2 aromatic heterocycles. The van der Waals surface area contributed by atoms with Gasteiger partial charge in [-0.25, -0.2) is 0 Å². The summed E-state index contributed by atoms with van der Waals surface area (Å²) >= 11 is 0. The molecule has 1 aliphatic rings. The van der Waals surface area contributed by atoms with Gasteiger partial charge in [-0.3, -0.25) is 4.98 Å². The number of nitrogens with one attached hydrogen (secondary N) is 1. The fourth-order valence-electron chi connectivity index (χ4n) is 3.07. The molecular weight excluding hydrogens is 220 g/mol. The molecule has 3 rings (SSSR count). The number of aryl methyl sites for hydroxylation is 2. The van der Waals surface area contributed by atoms with Crippen LogP contribution >= 0.6 is 0 Å². The Morgan fingerprint density at radius 1 is 1.33 bits per heavy atom. The lowest BCUT2D eigenvalue weighted by atomic mass is 9.71. The van der Waals surface area contributed by atoms with Gasteiger partial charge in [0.2, 0.25) is 0 Å². The average molecular weight is 242 g/mol. The van der Waals surface area contributed by atoms with E-state index in [2.05, 4.69) is 44.9 Å². The summed E-state index contributed by atoms with van der Waals surface area (Å²) in [6, 6.07) is 2.32. The van der Waals surface area contributed by atoms with E-state index in [0.29, 0.717) is 5.41 Å². The molecule has 0 bridgehead atoms. The first-order valence-corrected chi connectivity index (χ1v) is 6.91. The molecule has 0 radical (unpaired) electrons. The van der Waals surface area contributed by atoms with Gasteiger partial charge in [0.05, 0.1) is 11.0 Å². The molecule has 0 aliphatic heterocycles. The minimum Gasteiger partial charge on any atom is -0.360 e. The SMILES string of the molecule is Cc1c[nH]c2cc3c(nc12)CCC(C(C)(C)C)C3. The van der Waals surface area contributed by atoms with E-state index < -0.39 is 0 Å². The van der Waals surface area contributed by atoms with Gasteiger partial charge in [-0.15, -0.1) is 0 Å².